The first-order chi connectivity index (χ1) is 13.5. The topological polar surface area (TPSA) is 47.6 Å². The van der Waals surface area contributed by atoms with Gasteiger partial charge in [0.05, 0.1) is 25.8 Å². The van der Waals surface area contributed by atoms with Crippen LogP contribution in [0.5, 0.6) is 11.5 Å². The van der Waals surface area contributed by atoms with E-state index in [1.54, 1.807) is 14.2 Å². The minimum absolute atomic E-state index is 0.0883. The van der Waals surface area contributed by atoms with Gasteiger partial charge >= 0.3 is 0 Å². The quantitative estimate of drug-likeness (QED) is 0.602. The first-order valence-electron chi connectivity index (χ1n) is 9.53. The number of hydrogen-bond acceptors (Lipinski definition) is 3. The minimum Gasteiger partial charge on any atom is -0.497 e. The molecular weight excluding hydrogens is 350 g/mol. The molecule has 3 aromatic carbocycles. The zero-order valence-electron chi connectivity index (χ0n) is 16.9. The van der Waals surface area contributed by atoms with Crippen molar-refractivity contribution < 1.29 is 14.3 Å². The van der Waals surface area contributed by atoms with Crippen molar-refractivity contribution in [3.63, 3.8) is 0 Å². The molecule has 0 aliphatic heterocycles. The van der Waals surface area contributed by atoms with Gasteiger partial charge in [-0.1, -0.05) is 50.2 Å². The Balaban J connectivity index is 1.91. The maximum absolute atomic E-state index is 13.1. The second kappa shape index (κ2) is 8.79. The van der Waals surface area contributed by atoms with Crippen LogP contribution in [0.1, 0.15) is 42.2 Å². The molecule has 0 aliphatic rings. The zero-order valence-corrected chi connectivity index (χ0v) is 16.9. The van der Waals surface area contributed by atoms with Crippen LogP contribution >= 0.6 is 0 Å². The molecule has 0 radical (unpaired) electrons. The third kappa shape index (κ3) is 4.45. The molecule has 0 aromatic heterocycles. The molecule has 3 aromatic rings. The molecule has 0 spiro atoms. The molecule has 28 heavy (non-hydrogen) atoms. The SMILES string of the molecule is COc1ccc([C@H](CC(C)C)NC(=O)c2cc3ccccc3cc2OC)cc1. The van der Waals surface area contributed by atoms with E-state index in [0.29, 0.717) is 17.2 Å². The standard InChI is InChI=1S/C24H27NO3/c1-16(2)13-22(17-9-11-20(27-3)12-10-17)25-24(26)21-14-18-7-5-6-8-19(18)15-23(21)28-4/h5-12,14-16,22H,13H2,1-4H3,(H,25,26)/t22-/m0/s1. The minimum atomic E-state index is -0.135. The number of carbonyl (C=O) groups is 1. The van der Waals surface area contributed by atoms with Gasteiger partial charge < -0.3 is 14.8 Å². The third-order valence-electron chi connectivity index (χ3n) is 4.84. The molecule has 0 fully saturated rings. The van der Waals surface area contributed by atoms with E-state index in [4.69, 9.17) is 9.47 Å². The molecule has 4 heteroatoms. The molecule has 0 bridgehead atoms. The van der Waals surface area contributed by atoms with E-state index in [0.717, 1.165) is 28.5 Å². The van der Waals surface area contributed by atoms with Gasteiger partial charge in [-0.3, -0.25) is 4.79 Å². The fourth-order valence-electron chi connectivity index (χ4n) is 3.39. The first-order valence-corrected chi connectivity index (χ1v) is 9.53. The maximum atomic E-state index is 13.1. The van der Waals surface area contributed by atoms with E-state index in [1.807, 2.05) is 60.7 Å². The molecule has 4 nitrogen and oxygen atoms in total. The molecule has 0 saturated heterocycles. The van der Waals surface area contributed by atoms with Gasteiger partial charge in [0.25, 0.3) is 5.91 Å². The average molecular weight is 377 g/mol. The summed E-state index contributed by atoms with van der Waals surface area (Å²) in [5, 5.41) is 5.26. The second-order valence-electron chi connectivity index (χ2n) is 7.33. The van der Waals surface area contributed by atoms with Gasteiger partial charge in [0.1, 0.15) is 11.5 Å². The van der Waals surface area contributed by atoms with Crippen LogP contribution in [0.25, 0.3) is 10.8 Å². The summed E-state index contributed by atoms with van der Waals surface area (Å²) in [6.45, 7) is 4.30. The number of nitrogens with one attached hydrogen (secondary N) is 1. The number of fused-ring (bicyclic) bond motifs is 1. The molecular formula is C24H27NO3. The summed E-state index contributed by atoms with van der Waals surface area (Å²) in [6, 6.07) is 19.5. The molecule has 1 amide bonds. The Hall–Kier alpha value is -3.01. The monoisotopic (exact) mass is 377 g/mol. The van der Waals surface area contributed by atoms with Crippen LogP contribution < -0.4 is 14.8 Å². The third-order valence-corrected chi connectivity index (χ3v) is 4.84. The maximum Gasteiger partial charge on any atom is 0.255 e. The highest BCUT2D eigenvalue weighted by atomic mass is 16.5. The molecule has 146 valence electrons. The largest absolute Gasteiger partial charge is 0.497 e. The number of methoxy groups -OCH3 is 2. The lowest BCUT2D eigenvalue weighted by Gasteiger charge is -2.22. The summed E-state index contributed by atoms with van der Waals surface area (Å²) in [5.74, 6) is 1.68. The van der Waals surface area contributed by atoms with Crippen LogP contribution in [-0.4, -0.2) is 20.1 Å². The van der Waals surface area contributed by atoms with E-state index in [1.165, 1.54) is 0 Å². The van der Waals surface area contributed by atoms with Gasteiger partial charge in [-0.05, 0) is 52.9 Å². The smallest absolute Gasteiger partial charge is 0.255 e. The van der Waals surface area contributed by atoms with Crippen molar-refractivity contribution in [3.05, 3.63) is 71.8 Å². The van der Waals surface area contributed by atoms with Crippen molar-refractivity contribution in [3.8, 4) is 11.5 Å². The van der Waals surface area contributed by atoms with Gasteiger partial charge in [0, 0.05) is 0 Å². The fourth-order valence-corrected chi connectivity index (χ4v) is 3.39. The van der Waals surface area contributed by atoms with Gasteiger partial charge in [0.2, 0.25) is 0 Å². The Morgan fingerprint density at radius 2 is 1.57 bits per heavy atom. The van der Waals surface area contributed by atoms with Gasteiger partial charge in [-0.2, -0.15) is 0 Å². The molecule has 1 N–H and O–H groups in total. The molecule has 0 saturated carbocycles. The number of rotatable bonds is 7. The Bertz CT molecular complexity index is 948. The van der Waals surface area contributed by atoms with Crippen LogP contribution in [0, 0.1) is 5.92 Å². The predicted molar refractivity (Wildman–Crippen MR) is 113 cm³/mol. The summed E-state index contributed by atoms with van der Waals surface area (Å²) >= 11 is 0. The number of benzene rings is 3. The van der Waals surface area contributed by atoms with Crippen molar-refractivity contribution in [2.45, 2.75) is 26.3 Å². The number of amides is 1. The number of ether oxygens (including phenoxy) is 2. The molecule has 0 unspecified atom stereocenters. The molecule has 3 rings (SSSR count). The van der Waals surface area contributed by atoms with Gasteiger partial charge in [0.15, 0.2) is 0 Å². The Morgan fingerprint density at radius 3 is 2.14 bits per heavy atom. The molecule has 0 aliphatic carbocycles. The average Bonchev–Trinajstić information content (AvgIpc) is 2.72. The highest BCUT2D eigenvalue weighted by molar-refractivity contribution is 6.01. The first kappa shape index (κ1) is 19.7. The summed E-state index contributed by atoms with van der Waals surface area (Å²) in [4.78, 5) is 13.1. The van der Waals surface area contributed by atoms with Gasteiger partial charge in [-0.25, -0.2) is 0 Å². The summed E-state index contributed by atoms with van der Waals surface area (Å²) in [5.41, 5.74) is 1.60. The second-order valence-corrected chi connectivity index (χ2v) is 7.33. The lowest BCUT2D eigenvalue weighted by Crippen LogP contribution is -2.29. The predicted octanol–water partition coefficient (Wildman–Crippen LogP) is 5.37. The number of carbonyl (C=O) groups excluding carboxylic acids is 1. The van der Waals surface area contributed by atoms with E-state index < -0.39 is 0 Å². The van der Waals surface area contributed by atoms with E-state index in [-0.39, 0.29) is 11.9 Å². The van der Waals surface area contributed by atoms with Crippen molar-refractivity contribution >= 4 is 16.7 Å². The Morgan fingerprint density at radius 1 is 0.929 bits per heavy atom. The highest BCUT2D eigenvalue weighted by Crippen LogP contribution is 2.28. The van der Waals surface area contributed by atoms with Crippen LogP contribution in [0.4, 0.5) is 0 Å². The van der Waals surface area contributed by atoms with E-state index in [2.05, 4.69) is 19.2 Å². The summed E-state index contributed by atoms with van der Waals surface area (Å²) in [6.07, 6.45) is 0.841. The van der Waals surface area contributed by atoms with Crippen LogP contribution in [0.15, 0.2) is 60.7 Å². The Kier molecular flexibility index (Phi) is 6.19. The lowest BCUT2D eigenvalue weighted by atomic mass is 9.96. The fraction of sp³-hybridized carbons (Fsp3) is 0.292. The zero-order chi connectivity index (χ0) is 20.1. The molecule has 0 heterocycles. The van der Waals surface area contributed by atoms with E-state index in [9.17, 15) is 4.79 Å². The van der Waals surface area contributed by atoms with Crippen molar-refractivity contribution in [2.24, 2.45) is 5.92 Å². The lowest BCUT2D eigenvalue weighted by molar-refractivity contribution is 0.0929. The summed E-state index contributed by atoms with van der Waals surface area (Å²) in [7, 11) is 3.24. The summed E-state index contributed by atoms with van der Waals surface area (Å²) < 4.78 is 10.7. The van der Waals surface area contributed by atoms with Crippen LogP contribution in [-0.2, 0) is 0 Å². The Labute approximate surface area is 166 Å². The van der Waals surface area contributed by atoms with Crippen molar-refractivity contribution in [1.29, 1.82) is 0 Å². The van der Waals surface area contributed by atoms with Crippen LogP contribution in [0.2, 0.25) is 0 Å². The van der Waals surface area contributed by atoms with Crippen molar-refractivity contribution in [1.82, 2.24) is 5.32 Å². The number of hydrogen-bond donors (Lipinski definition) is 1. The highest BCUT2D eigenvalue weighted by Gasteiger charge is 2.20. The van der Waals surface area contributed by atoms with Crippen LogP contribution in [0.3, 0.4) is 0 Å². The van der Waals surface area contributed by atoms with E-state index >= 15 is 0 Å². The normalized spacial score (nSPS) is 12.0. The van der Waals surface area contributed by atoms with Gasteiger partial charge in [-0.15, -0.1) is 0 Å². The van der Waals surface area contributed by atoms with Crippen molar-refractivity contribution in [2.75, 3.05) is 14.2 Å². The molecule has 1 atom stereocenters.